The van der Waals surface area contributed by atoms with Gasteiger partial charge in [-0.05, 0) is 24.5 Å². The molecule has 0 aliphatic carbocycles. The molecule has 2 nitrogen and oxygen atoms in total. The Bertz CT molecular complexity index is 335. The number of rotatable bonds is 1. The maximum absolute atomic E-state index is 10.9. The number of carbonyl (C=O) groups excluding carboxylic acids is 1. The molecule has 3 heteroatoms. The molecule has 0 aromatic heterocycles. The molecule has 68 valence electrons. The van der Waals surface area contributed by atoms with Crippen LogP contribution in [0.2, 0.25) is 0 Å². The van der Waals surface area contributed by atoms with Gasteiger partial charge in [-0.15, -0.1) is 12.6 Å². The number of para-hydroxylation sites is 1. The predicted molar refractivity (Wildman–Crippen MR) is 53.2 cm³/mol. The Morgan fingerprint density at radius 2 is 2.23 bits per heavy atom. The van der Waals surface area contributed by atoms with E-state index in [4.69, 9.17) is 4.74 Å². The first-order valence-electron chi connectivity index (χ1n) is 4.25. The fraction of sp³-hybridized carbons (Fsp3) is 0.300. The van der Waals surface area contributed by atoms with Gasteiger partial charge in [0.05, 0.1) is 0 Å². The molecule has 0 saturated heterocycles. The van der Waals surface area contributed by atoms with Crippen LogP contribution in [0.25, 0.3) is 0 Å². The van der Waals surface area contributed by atoms with Gasteiger partial charge in [0.2, 0.25) is 5.12 Å². The summed E-state index contributed by atoms with van der Waals surface area (Å²) in [5, 5.41) is -0.186. The number of benzene rings is 1. The molecule has 1 atom stereocenters. The van der Waals surface area contributed by atoms with E-state index in [1.165, 1.54) is 5.56 Å². The second-order valence-electron chi connectivity index (χ2n) is 3.09. The monoisotopic (exact) mass is 194 g/mol. The Morgan fingerprint density at radius 1 is 1.46 bits per heavy atom. The van der Waals surface area contributed by atoms with Crippen LogP contribution in [0.15, 0.2) is 24.3 Å². The van der Waals surface area contributed by atoms with E-state index >= 15 is 0 Å². The first kappa shape index (κ1) is 8.63. The summed E-state index contributed by atoms with van der Waals surface area (Å²) in [5.41, 5.74) is 1.17. The van der Waals surface area contributed by atoms with Crippen molar-refractivity contribution in [2.75, 3.05) is 0 Å². The molecule has 0 saturated carbocycles. The van der Waals surface area contributed by atoms with E-state index in [1.54, 1.807) is 0 Å². The summed E-state index contributed by atoms with van der Waals surface area (Å²) in [7, 11) is 0. The smallest absolute Gasteiger partial charge is 0.226 e. The molecular weight excluding hydrogens is 184 g/mol. The van der Waals surface area contributed by atoms with Crippen molar-refractivity contribution in [1.82, 2.24) is 0 Å². The third kappa shape index (κ3) is 1.70. The van der Waals surface area contributed by atoms with Gasteiger partial charge in [0.25, 0.3) is 0 Å². The number of carbonyl (C=O) groups is 1. The molecule has 0 fully saturated rings. The maximum atomic E-state index is 10.9. The number of thiol groups is 1. The van der Waals surface area contributed by atoms with E-state index < -0.39 is 0 Å². The molecule has 0 radical (unpaired) electrons. The minimum absolute atomic E-state index is 0.186. The third-order valence-electron chi connectivity index (χ3n) is 2.19. The Balaban J connectivity index is 2.24. The molecule has 1 heterocycles. The van der Waals surface area contributed by atoms with E-state index in [9.17, 15) is 4.79 Å². The summed E-state index contributed by atoms with van der Waals surface area (Å²) in [4.78, 5) is 10.9. The van der Waals surface area contributed by atoms with Crippen LogP contribution in [0, 0.1) is 0 Å². The molecular formula is C10H10O2S. The van der Waals surface area contributed by atoms with Crippen LogP contribution in [0.3, 0.4) is 0 Å². The Hall–Kier alpha value is -0.960. The minimum atomic E-state index is -0.363. The second-order valence-corrected chi connectivity index (χ2v) is 3.53. The molecule has 13 heavy (non-hydrogen) atoms. The summed E-state index contributed by atoms with van der Waals surface area (Å²) >= 11 is 3.77. The van der Waals surface area contributed by atoms with Crippen molar-refractivity contribution in [3.05, 3.63) is 29.8 Å². The molecule has 0 amide bonds. The fourth-order valence-corrected chi connectivity index (χ4v) is 1.68. The normalized spacial score (nSPS) is 20.2. The molecule has 1 aliphatic heterocycles. The highest BCUT2D eigenvalue weighted by molar-refractivity contribution is 7.96. The average Bonchev–Trinajstić information content (AvgIpc) is 2.17. The number of hydrogen-bond donors (Lipinski definition) is 1. The van der Waals surface area contributed by atoms with Crippen molar-refractivity contribution in [3.8, 4) is 5.75 Å². The zero-order valence-electron chi connectivity index (χ0n) is 7.06. The standard InChI is InChI=1S/C10H10O2S/c11-10(13)9-6-5-7-3-1-2-4-8(7)12-9/h1-4,9H,5-6H2,(H,11,13). The fourth-order valence-electron chi connectivity index (χ4n) is 1.50. The molecule has 1 unspecified atom stereocenters. The van der Waals surface area contributed by atoms with Crippen molar-refractivity contribution >= 4 is 17.7 Å². The van der Waals surface area contributed by atoms with Gasteiger partial charge < -0.3 is 4.74 Å². The molecule has 1 aromatic carbocycles. The topological polar surface area (TPSA) is 26.3 Å². The maximum Gasteiger partial charge on any atom is 0.226 e. The van der Waals surface area contributed by atoms with Gasteiger partial charge in [0.1, 0.15) is 5.75 Å². The Kier molecular flexibility index (Phi) is 2.27. The molecule has 0 N–H and O–H groups in total. The van der Waals surface area contributed by atoms with Crippen LogP contribution in [0.1, 0.15) is 12.0 Å². The Morgan fingerprint density at radius 3 is 3.00 bits per heavy atom. The van der Waals surface area contributed by atoms with Gasteiger partial charge in [0.15, 0.2) is 6.10 Å². The second kappa shape index (κ2) is 3.42. The van der Waals surface area contributed by atoms with Gasteiger partial charge in [-0.25, -0.2) is 0 Å². The lowest BCUT2D eigenvalue weighted by Gasteiger charge is -2.23. The first-order chi connectivity index (χ1) is 6.27. The quantitative estimate of drug-likeness (QED) is 0.690. The van der Waals surface area contributed by atoms with E-state index in [2.05, 4.69) is 12.6 Å². The first-order valence-corrected chi connectivity index (χ1v) is 4.69. The SMILES string of the molecule is O=C(S)C1CCc2ccccc2O1. The zero-order valence-corrected chi connectivity index (χ0v) is 7.96. The number of fused-ring (bicyclic) bond motifs is 1. The van der Waals surface area contributed by atoms with Crippen LogP contribution in [0.5, 0.6) is 5.75 Å². The lowest BCUT2D eigenvalue weighted by molar-refractivity contribution is -0.117. The third-order valence-corrected chi connectivity index (χ3v) is 2.48. The van der Waals surface area contributed by atoms with Crippen LogP contribution in [-0.2, 0) is 11.2 Å². The highest BCUT2D eigenvalue weighted by atomic mass is 32.1. The largest absolute Gasteiger partial charge is 0.481 e. The van der Waals surface area contributed by atoms with Crippen LogP contribution in [-0.4, -0.2) is 11.2 Å². The van der Waals surface area contributed by atoms with Crippen LogP contribution >= 0.6 is 12.6 Å². The van der Waals surface area contributed by atoms with Crippen molar-refractivity contribution in [1.29, 1.82) is 0 Å². The Labute approximate surface area is 82.3 Å². The highest BCUT2D eigenvalue weighted by Crippen LogP contribution is 2.27. The van der Waals surface area contributed by atoms with Gasteiger partial charge in [-0.2, -0.15) is 0 Å². The highest BCUT2D eigenvalue weighted by Gasteiger charge is 2.23. The molecule has 0 bridgehead atoms. The van der Waals surface area contributed by atoms with Gasteiger partial charge in [-0.1, -0.05) is 18.2 Å². The summed E-state index contributed by atoms with van der Waals surface area (Å²) < 4.78 is 5.47. The molecule has 1 aliphatic rings. The molecule has 2 rings (SSSR count). The number of ether oxygens (including phenoxy) is 1. The van der Waals surface area contributed by atoms with Crippen LogP contribution < -0.4 is 4.74 Å². The van der Waals surface area contributed by atoms with Crippen LogP contribution in [0.4, 0.5) is 0 Å². The summed E-state index contributed by atoms with van der Waals surface area (Å²) in [5.74, 6) is 0.821. The van der Waals surface area contributed by atoms with Gasteiger partial charge in [-0.3, -0.25) is 4.79 Å². The van der Waals surface area contributed by atoms with Crippen molar-refractivity contribution in [2.24, 2.45) is 0 Å². The molecule has 1 aromatic rings. The molecule has 0 spiro atoms. The van der Waals surface area contributed by atoms with Gasteiger partial charge >= 0.3 is 0 Å². The lowest BCUT2D eigenvalue weighted by Crippen LogP contribution is -2.28. The summed E-state index contributed by atoms with van der Waals surface area (Å²) in [6, 6.07) is 7.79. The number of hydrogen-bond acceptors (Lipinski definition) is 2. The van der Waals surface area contributed by atoms with E-state index in [0.29, 0.717) is 0 Å². The zero-order chi connectivity index (χ0) is 9.26. The van der Waals surface area contributed by atoms with Crippen molar-refractivity contribution < 1.29 is 9.53 Å². The van der Waals surface area contributed by atoms with E-state index in [0.717, 1.165) is 18.6 Å². The number of aryl methyl sites for hydroxylation is 1. The minimum Gasteiger partial charge on any atom is -0.481 e. The summed E-state index contributed by atoms with van der Waals surface area (Å²) in [6.45, 7) is 0. The lowest BCUT2D eigenvalue weighted by atomic mass is 10.0. The van der Waals surface area contributed by atoms with E-state index in [1.807, 2.05) is 24.3 Å². The van der Waals surface area contributed by atoms with Gasteiger partial charge in [0, 0.05) is 0 Å². The summed E-state index contributed by atoms with van der Waals surface area (Å²) in [6.07, 6.45) is 1.27. The average molecular weight is 194 g/mol. The van der Waals surface area contributed by atoms with Crippen molar-refractivity contribution in [3.63, 3.8) is 0 Å². The van der Waals surface area contributed by atoms with E-state index in [-0.39, 0.29) is 11.2 Å². The predicted octanol–water partition coefficient (Wildman–Crippen LogP) is 1.84. The van der Waals surface area contributed by atoms with Crippen molar-refractivity contribution in [2.45, 2.75) is 18.9 Å².